The van der Waals surface area contributed by atoms with Gasteiger partial charge >= 0.3 is 0 Å². The maximum atomic E-state index is 11.6. The fraction of sp³-hybridized carbons (Fsp3) is 0.318. The lowest BCUT2D eigenvalue weighted by Crippen LogP contribution is -2.48. The average molecular weight is 391 g/mol. The normalized spacial score (nSPS) is 14.2. The molecule has 150 valence electrons. The van der Waals surface area contributed by atoms with Gasteiger partial charge in [0.15, 0.2) is 0 Å². The highest BCUT2D eigenvalue weighted by Crippen LogP contribution is 2.31. The van der Waals surface area contributed by atoms with E-state index in [9.17, 15) is 4.79 Å². The first-order valence-electron chi connectivity index (χ1n) is 9.72. The first-order chi connectivity index (χ1) is 14.1. The first kappa shape index (κ1) is 19.0. The number of methoxy groups -OCH3 is 1. The van der Waals surface area contributed by atoms with Crippen LogP contribution in [0.2, 0.25) is 0 Å². The molecule has 0 bridgehead atoms. The number of carbonyl (C=O) groups is 1. The average Bonchev–Trinajstić information content (AvgIpc) is 2.78. The number of piperazine rings is 1. The molecule has 2 aromatic carbocycles. The van der Waals surface area contributed by atoms with Crippen molar-refractivity contribution in [3.8, 4) is 5.75 Å². The molecule has 7 heteroatoms. The summed E-state index contributed by atoms with van der Waals surface area (Å²) in [7, 11) is 3.67. The predicted molar refractivity (Wildman–Crippen MR) is 115 cm³/mol. The number of nitrogens with zero attached hydrogens (tertiary/aromatic N) is 5. The molecule has 0 N–H and O–H groups in total. The number of hydrogen-bond acceptors (Lipinski definition) is 6. The summed E-state index contributed by atoms with van der Waals surface area (Å²) in [6.45, 7) is 4.45. The second-order valence-corrected chi connectivity index (χ2v) is 7.11. The SMILES string of the molecule is COc1ccc(N(C)c2nc(N3CCN(C(C)=O)CC3)nc3ccccc23)cc1. The molecule has 0 atom stereocenters. The summed E-state index contributed by atoms with van der Waals surface area (Å²) in [6.07, 6.45) is 0. The van der Waals surface area contributed by atoms with Crippen molar-refractivity contribution >= 4 is 34.3 Å². The Hall–Kier alpha value is -3.35. The summed E-state index contributed by atoms with van der Waals surface area (Å²) in [5.41, 5.74) is 1.92. The first-order valence-corrected chi connectivity index (χ1v) is 9.72. The van der Waals surface area contributed by atoms with Crippen LogP contribution in [0.3, 0.4) is 0 Å². The van der Waals surface area contributed by atoms with E-state index in [0.717, 1.165) is 41.2 Å². The molecule has 1 aliphatic heterocycles. The van der Waals surface area contributed by atoms with Crippen molar-refractivity contribution in [2.75, 3.05) is 50.1 Å². The second-order valence-electron chi connectivity index (χ2n) is 7.11. The molecule has 4 rings (SSSR count). The lowest BCUT2D eigenvalue weighted by atomic mass is 10.2. The van der Waals surface area contributed by atoms with Gasteiger partial charge in [0.2, 0.25) is 11.9 Å². The predicted octanol–water partition coefficient (Wildman–Crippen LogP) is 3.07. The third-order valence-corrected chi connectivity index (χ3v) is 5.36. The summed E-state index contributed by atoms with van der Waals surface area (Å²) in [5, 5.41) is 0.997. The zero-order valence-corrected chi connectivity index (χ0v) is 17.0. The van der Waals surface area contributed by atoms with Crippen molar-refractivity contribution < 1.29 is 9.53 Å². The molecular weight excluding hydrogens is 366 g/mol. The minimum absolute atomic E-state index is 0.115. The number of fused-ring (bicyclic) bond motifs is 1. The van der Waals surface area contributed by atoms with Crippen LogP contribution in [-0.2, 0) is 4.79 Å². The Bertz CT molecular complexity index is 1010. The van der Waals surface area contributed by atoms with Crippen LogP contribution in [0.25, 0.3) is 10.9 Å². The van der Waals surface area contributed by atoms with E-state index in [1.165, 1.54) is 0 Å². The standard InChI is InChI=1S/C22H25N5O2/c1-16(28)26-12-14-27(15-13-26)22-23-20-7-5-4-6-19(20)21(24-22)25(2)17-8-10-18(29-3)11-9-17/h4-11H,12-15H2,1-3H3. The van der Waals surface area contributed by atoms with Gasteiger partial charge in [0.1, 0.15) is 11.6 Å². The fourth-order valence-corrected chi connectivity index (χ4v) is 3.59. The molecule has 0 radical (unpaired) electrons. The van der Waals surface area contributed by atoms with Crippen molar-refractivity contribution in [2.45, 2.75) is 6.92 Å². The van der Waals surface area contributed by atoms with Gasteiger partial charge in [-0.2, -0.15) is 4.98 Å². The van der Waals surface area contributed by atoms with E-state index in [1.54, 1.807) is 14.0 Å². The number of rotatable bonds is 4. The van der Waals surface area contributed by atoms with Crippen molar-refractivity contribution in [1.29, 1.82) is 0 Å². The number of benzene rings is 2. The maximum absolute atomic E-state index is 11.6. The maximum Gasteiger partial charge on any atom is 0.228 e. The van der Waals surface area contributed by atoms with E-state index in [4.69, 9.17) is 14.7 Å². The van der Waals surface area contributed by atoms with Gasteiger partial charge in [-0.05, 0) is 36.4 Å². The molecular formula is C22H25N5O2. The van der Waals surface area contributed by atoms with E-state index >= 15 is 0 Å². The number of carbonyl (C=O) groups excluding carboxylic acids is 1. The summed E-state index contributed by atoms with van der Waals surface area (Å²) in [4.78, 5) is 27.4. The van der Waals surface area contributed by atoms with Gasteiger partial charge in [0, 0.05) is 51.2 Å². The Balaban J connectivity index is 1.70. The lowest BCUT2D eigenvalue weighted by molar-refractivity contribution is -0.129. The Morgan fingerprint density at radius 2 is 1.69 bits per heavy atom. The largest absolute Gasteiger partial charge is 0.497 e. The molecule has 1 aromatic heterocycles. The van der Waals surface area contributed by atoms with Crippen LogP contribution in [-0.4, -0.2) is 61.1 Å². The molecule has 1 fully saturated rings. The van der Waals surface area contributed by atoms with Crippen molar-refractivity contribution in [2.24, 2.45) is 0 Å². The number of aromatic nitrogens is 2. The number of para-hydroxylation sites is 1. The van der Waals surface area contributed by atoms with E-state index in [0.29, 0.717) is 19.0 Å². The zero-order valence-electron chi connectivity index (χ0n) is 17.0. The van der Waals surface area contributed by atoms with E-state index in [-0.39, 0.29) is 5.91 Å². The van der Waals surface area contributed by atoms with E-state index < -0.39 is 0 Å². The van der Waals surface area contributed by atoms with Crippen molar-refractivity contribution in [3.05, 3.63) is 48.5 Å². The van der Waals surface area contributed by atoms with Crippen LogP contribution in [0, 0.1) is 0 Å². The van der Waals surface area contributed by atoms with Gasteiger partial charge in [-0.3, -0.25) is 4.79 Å². The summed E-state index contributed by atoms with van der Waals surface area (Å²) in [6, 6.07) is 16.0. The third kappa shape index (κ3) is 3.81. The number of anilines is 3. The molecule has 0 aliphatic carbocycles. The minimum Gasteiger partial charge on any atom is -0.497 e. The molecule has 7 nitrogen and oxygen atoms in total. The van der Waals surface area contributed by atoms with Crippen LogP contribution in [0.4, 0.5) is 17.5 Å². The quantitative estimate of drug-likeness (QED) is 0.681. The summed E-state index contributed by atoms with van der Waals surface area (Å²) in [5.74, 6) is 2.48. The molecule has 29 heavy (non-hydrogen) atoms. The highest BCUT2D eigenvalue weighted by molar-refractivity contribution is 5.92. The molecule has 0 spiro atoms. The van der Waals surface area contributed by atoms with Gasteiger partial charge in [-0.15, -0.1) is 0 Å². The van der Waals surface area contributed by atoms with Crippen LogP contribution in [0.15, 0.2) is 48.5 Å². The summed E-state index contributed by atoms with van der Waals surface area (Å²) >= 11 is 0. The van der Waals surface area contributed by atoms with Crippen LogP contribution >= 0.6 is 0 Å². The van der Waals surface area contributed by atoms with Gasteiger partial charge in [-0.1, -0.05) is 12.1 Å². The molecule has 1 aliphatic rings. The van der Waals surface area contributed by atoms with Crippen LogP contribution in [0.5, 0.6) is 5.75 Å². The third-order valence-electron chi connectivity index (χ3n) is 5.36. The topological polar surface area (TPSA) is 61.8 Å². The number of amides is 1. The molecule has 0 unspecified atom stereocenters. The van der Waals surface area contributed by atoms with Gasteiger partial charge in [-0.25, -0.2) is 4.98 Å². The Labute approximate surface area is 170 Å². The van der Waals surface area contributed by atoms with Crippen LogP contribution < -0.4 is 14.5 Å². The number of hydrogen-bond donors (Lipinski definition) is 0. The second kappa shape index (κ2) is 7.95. The van der Waals surface area contributed by atoms with Crippen LogP contribution in [0.1, 0.15) is 6.92 Å². The summed E-state index contributed by atoms with van der Waals surface area (Å²) < 4.78 is 5.27. The zero-order chi connectivity index (χ0) is 20.4. The molecule has 3 aromatic rings. The molecule has 1 amide bonds. The molecule has 2 heterocycles. The van der Waals surface area contributed by atoms with Gasteiger partial charge in [0.25, 0.3) is 0 Å². The minimum atomic E-state index is 0.115. The molecule has 1 saturated heterocycles. The smallest absolute Gasteiger partial charge is 0.228 e. The monoisotopic (exact) mass is 391 g/mol. The van der Waals surface area contributed by atoms with Crippen molar-refractivity contribution in [1.82, 2.24) is 14.9 Å². The highest BCUT2D eigenvalue weighted by Gasteiger charge is 2.22. The van der Waals surface area contributed by atoms with E-state index in [1.807, 2.05) is 60.5 Å². The Morgan fingerprint density at radius 3 is 2.34 bits per heavy atom. The van der Waals surface area contributed by atoms with Gasteiger partial charge < -0.3 is 19.4 Å². The highest BCUT2D eigenvalue weighted by atomic mass is 16.5. The van der Waals surface area contributed by atoms with Crippen molar-refractivity contribution in [3.63, 3.8) is 0 Å². The molecule has 0 saturated carbocycles. The fourth-order valence-electron chi connectivity index (χ4n) is 3.59. The van der Waals surface area contributed by atoms with Gasteiger partial charge in [0.05, 0.1) is 12.6 Å². The van der Waals surface area contributed by atoms with E-state index in [2.05, 4.69) is 9.80 Å². The lowest BCUT2D eigenvalue weighted by Gasteiger charge is -2.34. The number of ether oxygens (including phenoxy) is 1. The Kier molecular flexibility index (Phi) is 5.20. The Morgan fingerprint density at radius 1 is 1.00 bits per heavy atom.